The van der Waals surface area contributed by atoms with Gasteiger partial charge in [0.05, 0.1) is 18.2 Å². The molecule has 0 aliphatic rings. The number of aromatic carboxylic acids is 1. The fourth-order valence-corrected chi connectivity index (χ4v) is 5.23. The number of hydrogen-bond acceptors (Lipinski definition) is 8. The van der Waals surface area contributed by atoms with E-state index >= 15 is 0 Å². The maximum Gasteiger partial charge on any atom is 0.357 e. The largest absolute Gasteiger partial charge is 0.476 e. The molecule has 0 amide bonds. The fourth-order valence-electron chi connectivity index (χ4n) is 3.78. The van der Waals surface area contributed by atoms with Gasteiger partial charge in [0, 0.05) is 28.7 Å². The molecule has 0 aliphatic heterocycles. The minimum atomic E-state index is -1.01. The number of aryl methyl sites for hydroxylation is 2. The monoisotopic (exact) mass is 774 g/mol. The molecule has 0 fully saturated rings. The summed E-state index contributed by atoms with van der Waals surface area (Å²) in [5, 5.41) is 34.3. The number of ether oxygens (including phenoxy) is 1. The summed E-state index contributed by atoms with van der Waals surface area (Å²) in [6.07, 6.45) is 0.968. The fraction of sp³-hybridized carbons (Fsp3) is 0.379. The molecule has 2 heterocycles. The number of nitrogens with zero attached hydrogens (tertiary/aromatic N) is 6. The van der Waals surface area contributed by atoms with Crippen LogP contribution in [0.3, 0.4) is 0 Å². The van der Waals surface area contributed by atoms with Crippen LogP contribution in [0.2, 0.25) is 10.0 Å². The van der Waals surface area contributed by atoms with Gasteiger partial charge in [0.2, 0.25) is 0 Å². The molecule has 0 bridgehead atoms. The summed E-state index contributed by atoms with van der Waals surface area (Å²) in [6, 6.07) is 14.6. The van der Waals surface area contributed by atoms with Gasteiger partial charge in [-0.3, -0.25) is 4.79 Å². The van der Waals surface area contributed by atoms with Crippen molar-refractivity contribution >= 4 is 67.0 Å². The molecular formula is C29H34Br2Cl2N6O5. The predicted molar refractivity (Wildman–Crippen MR) is 175 cm³/mol. The highest BCUT2D eigenvalue weighted by molar-refractivity contribution is 9.10. The van der Waals surface area contributed by atoms with Crippen LogP contribution >= 0.6 is 55.1 Å². The zero-order valence-corrected chi connectivity index (χ0v) is 29.3. The number of carbonyl (C=O) groups is 2. The van der Waals surface area contributed by atoms with Gasteiger partial charge < -0.3 is 14.9 Å². The summed E-state index contributed by atoms with van der Waals surface area (Å²) < 4.78 is 9.40. The van der Waals surface area contributed by atoms with E-state index in [-0.39, 0.29) is 22.7 Å². The molecule has 15 heteroatoms. The Morgan fingerprint density at radius 3 is 1.86 bits per heavy atom. The third kappa shape index (κ3) is 11.3. The summed E-state index contributed by atoms with van der Waals surface area (Å²) >= 11 is 18.2. The average Bonchev–Trinajstić information content (AvgIpc) is 3.51. The maximum absolute atomic E-state index is 12.2. The number of esters is 1. The van der Waals surface area contributed by atoms with Crippen molar-refractivity contribution in [2.24, 2.45) is 0 Å². The smallest absolute Gasteiger partial charge is 0.357 e. The second-order valence-corrected chi connectivity index (χ2v) is 11.7. The molecule has 2 atom stereocenters. The van der Waals surface area contributed by atoms with Gasteiger partial charge in [0.1, 0.15) is 6.10 Å². The topological polar surface area (TPSA) is 145 Å². The first-order valence-electron chi connectivity index (χ1n) is 13.7. The molecule has 2 N–H and O–H groups in total. The number of benzene rings is 2. The standard InChI is InChI=1S/C15H17BrClN3O2.C8H9ClO.C6H8BrN3O2/c1-3-8-20-13(15(16)18-19-20)9-14(21)22-10(2)11-6-4-5-7-12(11)17;1-6(10)7-4-2-3-5-8(7)9;1-2-3-10-4(6(11)12)5(7)8-9-10/h4-7,10H,3,8-9H2,1-2H3;2-6,10H,1H3;2-3H2,1H3,(H,11,12)/t10-;6-;/m11./s1. The summed E-state index contributed by atoms with van der Waals surface area (Å²) in [6.45, 7) is 8.76. The second kappa shape index (κ2) is 18.8. The highest BCUT2D eigenvalue weighted by atomic mass is 79.9. The molecule has 0 radical (unpaired) electrons. The number of halogens is 4. The highest BCUT2D eigenvalue weighted by Crippen LogP contribution is 2.26. The van der Waals surface area contributed by atoms with Crippen LogP contribution in [0.4, 0.5) is 0 Å². The normalized spacial score (nSPS) is 11.8. The Kier molecular flexibility index (Phi) is 16.0. The molecule has 4 rings (SSSR count). The van der Waals surface area contributed by atoms with E-state index in [0.29, 0.717) is 27.7 Å². The van der Waals surface area contributed by atoms with Crippen molar-refractivity contribution < 1.29 is 24.5 Å². The van der Waals surface area contributed by atoms with Crippen molar-refractivity contribution in [3.05, 3.63) is 90.3 Å². The van der Waals surface area contributed by atoms with E-state index in [4.69, 9.17) is 38.2 Å². The lowest BCUT2D eigenvalue weighted by Crippen LogP contribution is -2.15. The summed E-state index contributed by atoms with van der Waals surface area (Å²) in [7, 11) is 0. The van der Waals surface area contributed by atoms with Crippen molar-refractivity contribution in [3.63, 3.8) is 0 Å². The van der Waals surface area contributed by atoms with Crippen LogP contribution < -0.4 is 0 Å². The molecule has 238 valence electrons. The summed E-state index contributed by atoms with van der Waals surface area (Å²) in [4.78, 5) is 22.8. The number of carboxylic acids is 1. The van der Waals surface area contributed by atoms with Crippen molar-refractivity contribution in [1.29, 1.82) is 0 Å². The molecule has 44 heavy (non-hydrogen) atoms. The third-order valence-electron chi connectivity index (χ3n) is 5.88. The first kappa shape index (κ1) is 37.3. The van der Waals surface area contributed by atoms with Crippen LogP contribution in [0.5, 0.6) is 0 Å². The van der Waals surface area contributed by atoms with E-state index in [1.54, 1.807) is 30.7 Å². The zero-order valence-electron chi connectivity index (χ0n) is 24.6. The lowest BCUT2D eigenvalue weighted by Gasteiger charge is -2.15. The van der Waals surface area contributed by atoms with E-state index in [2.05, 4.69) is 52.5 Å². The second-order valence-electron chi connectivity index (χ2n) is 9.34. The van der Waals surface area contributed by atoms with Gasteiger partial charge in [-0.2, -0.15) is 0 Å². The van der Waals surface area contributed by atoms with Crippen molar-refractivity contribution in [1.82, 2.24) is 30.0 Å². The van der Waals surface area contributed by atoms with Crippen LogP contribution in [-0.4, -0.2) is 52.1 Å². The van der Waals surface area contributed by atoms with Gasteiger partial charge in [0.15, 0.2) is 14.9 Å². The van der Waals surface area contributed by atoms with Gasteiger partial charge in [-0.05, 0) is 76.2 Å². The Bertz CT molecular complexity index is 1520. The first-order chi connectivity index (χ1) is 20.9. The number of aliphatic hydroxyl groups excluding tert-OH is 1. The van der Waals surface area contributed by atoms with E-state index in [9.17, 15) is 9.59 Å². The number of rotatable bonds is 10. The number of aliphatic hydroxyl groups is 1. The Hall–Kier alpha value is -2.84. The summed E-state index contributed by atoms with van der Waals surface area (Å²) in [5.74, 6) is -1.35. The molecule has 4 aromatic rings. The van der Waals surface area contributed by atoms with Gasteiger partial charge >= 0.3 is 11.9 Å². The summed E-state index contributed by atoms with van der Waals surface area (Å²) in [5.41, 5.74) is 2.40. The molecule has 2 aromatic carbocycles. The average molecular weight is 777 g/mol. The zero-order chi connectivity index (χ0) is 32.8. The minimum Gasteiger partial charge on any atom is -0.476 e. The van der Waals surface area contributed by atoms with Crippen LogP contribution in [0, 0.1) is 0 Å². The minimum absolute atomic E-state index is 0.108. The van der Waals surface area contributed by atoms with Gasteiger partial charge in [-0.1, -0.05) is 83.9 Å². The Labute approximate surface area is 282 Å². The lowest BCUT2D eigenvalue weighted by molar-refractivity contribution is -0.147. The first-order valence-corrected chi connectivity index (χ1v) is 16.0. The Morgan fingerprint density at radius 1 is 0.864 bits per heavy atom. The highest BCUT2D eigenvalue weighted by Gasteiger charge is 2.19. The number of aromatic nitrogens is 6. The van der Waals surface area contributed by atoms with E-state index in [1.807, 2.05) is 50.2 Å². The Balaban J connectivity index is 0.000000257. The number of carboxylic acid groups (broad SMARTS) is 1. The van der Waals surface area contributed by atoms with Gasteiger partial charge in [0.25, 0.3) is 0 Å². The molecule has 0 aliphatic carbocycles. The molecule has 0 unspecified atom stereocenters. The van der Waals surface area contributed by atoms with E-state index in [0.717, 1.165) is 29.7 Å². The van der Waals surface area contributed by atoms with Crippen molar-refractivity contribution in [3.8, 4) is 0 Å². The van der Waals surface area contributed by atoms with E-state index in [1.165, 1.54) is 4.68 Å². The van der Waals surface area contributed by atoms with Crippen LogP contribution in [-0.2, 0) is 29.0 Å². The maximum atomic E-state index is 12.2. The molecular weight excluding hydrogens is 743 g/mol. The van der Waals surface area contributed by atoms with E-state index < -0.39 is 18.2 Å². The number of hydrogen-bond donors (Lipinski definition) is 2. The van der Waals surface area contributed by atoms with Crippen molar-refractivity contribution in [2.45, 2.75) is 72.3 Å². The van der Waals surface area contributed by atoms with Gasteiger partial charge in [-0.25, -0.2) is 14.2 Å². The Morgan fingerprint density at radius 2 is 1.36 bits per heavy atom. The quantitative estimate of drug-likeness (QED) is 0.157. The van der Waals surface area contributed by atoms with Crippen LogP contribution in [0.25, 0.3) is 0 Å². The molecule has 0 saturated heterocycles. The number of carbonyl (C=O) groups excluding carboxylic acids is 1. The predicted octanol–water partition coefficient (Wildman–Crippen LogP) is 7.49. The van der Waals surface area contributed by atoms with Gasteiger partial charge in [-0.15, -0.1) is 10.2 Å². The van der Waals surface area contributed by atoms with Crippen molar-refractivity contribution in [2.75, 3.05) is 0 Å². The molecule has 2 aromatic heterocycles. The molecule has 11 nitrogen and oxygen atoms in total. The molecule has 0 spiro atoms. The molecule has 0 saturated carbocycles. The van der Waals surface area contributed by atoms with Crippen LogP contribution in [0.1, 0.15) is 80.1 Å². The SMILES string of the molecule is CCCn1nnc(Br)c1C(=O)O.CCCn1nnc(Br)c1CC(=O)O[C@H](C)c1ccccc1Cl.C[C@@H](O)c1ccccc1Cl. The van der Waals surface area contributed by atoms with Crippen LogP contribution in [0.15, 0.2) is 57.7 Å². The lowest BCUT2D eigenvalue weighted by atomic mass is 10.1. The third-order valence-corrected chi connectivity index (χ3v) is 7.71.